The number of hydrogen-bond donors (Lipinski definition) is 0. The van der Waals surface area contributed by atoms with Crippen LogP contribution in [0.2, 0.25) is 0 Å². The summed E-state index contributed by atoms with van der Waals surface area (Å²) in [5.41, 5.74) is 0.797. The Labute approximate surface area is 77.4 Å². The molecule has 1 aromatic carbocycles. The molecule has 0 fully saturated rings. The number of benzene rings is 1. The third kappa shape index (κ3) is 1.20. The summed E-state index contributed by atoms with van der Waals surface area (Å²) in [4.78, 5) is 4.09. The molecule has 3 heteroatoms. The van der Waals surface area contributed by atoms with Crippen LogP contribution in [-0.4, -0.2) is 4.98 Å². The van der Waals surface area contributed by atoms with E-state index in [1.807, 2.05) is 6.07 Å². The van der Waals surface area contributed by atoms with Crippen LogP contribution in [-0.2, 0) is 0 Å². The Hall–Kier alpha value is -0.960. The van der Waals surface area contributed by atoms with Gasteiger partial charge in [-0.25, -0.2) is 4.39 Å². The van der Waals surface area contributed by atoms with Gasteiger partial charge in [0, 0.05) is 11.6 Å². The SMILES string of the molecule is Fc1cc2cccnc2cc1Br. The van der Waals surface area contributed by atoms with Crippen molar-refractivity contribution in [2.45, 2.75) is 0 Å². The molecule has 1 nitrogen and oxygen atoms in total. The summed E-state index contributed by atoms with van der Waals surface area (Å²) < 4.78 is 13.4. The molecule has 0 atom stereocenters. The van der Waals surface area contributed by atoms with E-state index < -0.39 is 0 Å². The van der Waals surface area contributed by atoms with Crippen LogP contribution < -0.4 is 0 Å². The van der Waals surface area contributed by atoms with Crippen molar-refractivity contribution >= 4 is 26.8 Å². The summed E-state index contributed by atoms with van der Waals surface area (Å²) in [6.45, 7) is 0. The van der Waals surface area contributed by atoms with Gasteiger partial charge >= 0.3 is 0 Å². The van der Waals surface area contributed by atoms with E-state index in [-0.39, 0.29) is 5.82 Å². The van der Waals surface area contributed by atoms with Gasteiger partial charge in [-0.05, 0) is 34.1 Å². The lowest BCUT2D eigenvalue weighted by Gasteiger charge is -1.97. The highest BCUT2D eigenvalue weighted by molar-refractivity contribution is 9.10. The third-order valence-corrected chi connectivity index (χ3v) is 2.25. The second-order valence-electron chi connectivity index (χ2n) is 2.46. The quantitative estimate of drug-likeness (QED) is 0.672. The van der Waals surface area contributed by atoms with Crippen LogP contribution in [0.15, 0.2) is 34.9 Å². The minimum absolute atomic E-state index is 0.254. The molecule has 1 heterocycles. The van der Waals surface area contributed by atoms with Crippen LogP contribution in [0.1, 0.15) is 0 Å². The van der Waals surface area contributed by atoms with Gasteiger partial charge in [-0.2, -0.15) is 0 Å². The van der Waals surface area contributed by atoms with Gasteiger partial charge in [0.25, 0.3) is 0 Å². The molecule has 0 amide bonds. The van der Waals surface area contributed by atoms with Crippen molar-refractivity contribution in [3.63, 3.8) is 0 Å². The average Bonchev–Trinajstić information content (AvgIpc) is 2.07. The Morgan fingerprint density at radius 2 is 2.17 bits per heavy atom. The van der Waals surface area contributed by atoms with Crippen LogP contribution in [0.3, 0.4) is 0 Å². The lowest BCUT2D eigenvalue weighted by atomic mass is 10.2. The Morgan fingerprint density at radius 3 is 3.00 bits per heavy atom. The summed E-state index contributed by atoms with van der Waals surface area (Å²) in [5.74, 6) is -0.254. The molecule has 2 rings (SSSR count). The first kappa shape index (κ1) is 7.68. The summed E-state index contributed by atoms with van der Waals surface area (Å²) in [6.07, 6.45) is 1.69. The Morgan fingerprint density at radius 1 is 1.33 bits per heavy atom. The van der Waals surface area contributed by atoms with E-state index >= 15 is 0 Å². The molecule has 0 saturated carbocycles. The number of hydrogen-bond acceptors (Lipinski definition) is 1. The van der Waals surface area contributed by atoms with Gasteiger partial charge in [0.15, 0.2) is 0 Å². The molecule has 0 aliphatic rings. The molecule has 0 N–H and O–H groups in total. The predicted molar refractivity (Wildman–Crippen MR) is 49.4 cm³/mol. The summed E-state index contributed by atoms with van der Waals surface area (Å²) in [5, 5.41) is 0.818. The standard InChI is InChI=1S/C9H5BrFN/c10-7-5-9-6(4-8(7)11)2-1-3-12-9/h1-5H. The number of halogens is 2. The topological polar surface area (TPSA) is 12.9 Å². The lowest BCUT2D eigenvalue weighted by Crippen LogP contribution is -1.81. The van der Waals surface area contributed by atoms with E-state index in [2.05, 4.69) is 20.9 Å². The van der Waals surface area contributed by atoms with E-state index in [4.69, 9.17) is 0 Å². The first-order chi connectivity index (χ1) is 5.77. The largest absolute Gasteiger partial charge is 0.256 e. The smallest absolute Gasteiger partial charge is 0.138 e. The maximum Gasteiger partial charge on any atom is 0.138 e. The molecule has 0 radical (unpaired) electrons. The van der Waals surface area contributed by atoms with Gasteiger partial charge in [0.2, 0.25) is 0 Å². The fourth-order valence-corrected chi connectivity index (χ4v) is 1.40. The van der Waals surface area contributed by atoms with Crippen LogP contribution in [0.4, 0.5) is 4.39 Å². The summed E-state index contributed by atoms with van der Waals surface area (Å²) in [7, 11) is 0. The zero-order valence-electron chi connectivity index (χ0n) is 6.09. The van der Waals surface area contributed by atoms with Gasteiger partial charge in [0.05, 0.1) is 9.99 Å². The van der Waals surface area contributed by atoms with Crippen molar-refractivity contribution in [1.29, 1.82) is 0 Å². The van der Waals surface area contributed by atoms with Crippen LogP contribution in [0.25, 0.3) is 10.9 Å². The molecular formula is C9H5BrFN. The van der Waals surface area contributed by atoms with Gasteiger partial charge in [-0.15, -0.1) is 0 Å². The van der Waals surface area contributed by atoms with Crippen molar-refractivity contribution in [2.24, 2.45) is 0 Å². The van der Waals surface area contributed by atoms with E-state index in [9.17, 15) is 4.39 Å². The highest BCUT2D eigenvalue weighted by atomic mass is 79.9. The Bertz CT molecular complexity index is 387. The van der Waals surface area contributed by atoms with Crippen molar-refractivity contribution < 1.29 is 4.39 Å². The Balaban J connectivity index is 2.84. The normalized spacial score (nSPS) is 10.5. The van der Waals surface area contributed by atoms with E-state index in [1.54, 1.807) is 18.3 Å². The maximum absolute atomic E-state index is 13.0. The highest BCUT2D eigenvalue weighted by Crippen LogP contribution is 2.21. The molecule has 0 saturated heterocycles. The predicted octanol–water partition coefficient (Wildman–Crippen LogP) is 3.14. The molecule has 0 aliphatic carbocycles. The molecule has 0 unspecified atom stereocenters. The highest BCUT2D eigenvalue weighted by Gasteiger charge is 2.00. The Kier molecular flexibility index (Phi) is 1.81. The monoisotopic (exact) mass is 225 g/mol. The minimum atomic E-state index is -0.254. The molecule has 0 spiro atoms. The second kappa shape index (κ2) is 2.83. The molecule has 0 bridgehead atoms. The maximum atomic E-state index is 13.0. The van der Waals surface area contributed by atoms with Gasteiger partial charge < -0.3 is 0 Å². The minimum Gasteiger partial charge on any atom is -0.256 e. The average molecular weight is 226 g/mol. The van der Waals surface area contributed by atoms with Crippen LogP contribution >= 0.6 is 15.9 Å². The number of pyridine rings is 1. The van der Waals surface area contributed by atoms with E-state index in [0.717, 1.165) is 10.9 Å². The van der Waals surface area contributed by atoms with Crippen LogP contribution in [0, 0.1) is 5.82 Å². The van der Waals surface area contributed by atoms with Crippen molar-refractivity contribution in [3.05, 3.63) is 40.8 Å². The summed E-state index contributed by atoms with van der Waals surface area (Å²) in [6, 6.07) is 6.75. The van der Waals surface area contributed by atoms with Crippen molar-refractivity contribution in [3.8, 4) is 0 Å². The van der Waals surface area contributed by atoms with Gasteiger partial charge in [-0.3, -0.25) is 4.98 Å². The second-order valence-corrected chi connectivity index (χ2v) is 3.32. The number of rotatable bonds is 0. The zero-order valence-corrected chi connectivity index (χ0v) is 7.68. The number of fused-ring (bicyclic) bond motifs is 1. The van der Waals surface area contributed by atoms with Crippen molar-refractivity contribution in [1.82, 2.24) is 4.98 Å². The fourth-order valence-electron chi connectivity index (χ4n) is 1.07. The molecular weight excluding hydrogens is 221 g/mol. The first-order valence-corrected chi connectivity index (χ1v) is 4.26. The van der Waals surface area contributed by atoms with E-state index in [1.165, 1.54) is 6.07 Å². The molecule has 1 aromatic heterocycles. The fraction of sp³-hybridized carbons (Fsp3) is 0. The lowest BCUT2D eigenvalue weighted by molar-refractivity contribution is 0.623. The first-order valence-electron chi connectivity index (χ1n) is 3.47. The third-order valence-electron chi connectivity index (χ3n) is 1.65. The van der Waals surface area contributed by atoms with Gasteiger partial charge in [-0.1, -0.05) is 6.07 Å². The number of aromatic nitrogens is 1. The van der Waals surface area contributed by atoms with Crippen LogP contribution in [0.5, 0.6) is 0 Å². The molecule has 12 heavy (non-hydrogen) atoms. The summed E-state index contributed by atoms with van der Waals surface area (Å²) >= 11 is 3.10. The molecule has 0 aliphatic heterocycles. The van der Waals surface area contributed by atoms with Crippen molar-refractivity contribution in [2.75, 3.05) is 0 Å². The zero-order chi connectivity index (χ0) is 8.55. The molecule has 2 aromatic rings. The van der Waals surface area contributed by atoms with E-state index in [0.29, 0.717) is 4.47 Å². The van der Waals surface area contributed by atoms with Gasteiger partial charge in [0.1, 0.15) is 5.82 Å². The molecule has 60 valence electrons. The number of nitrogens with zero attached hydrogens (tertiary/aromatic N) is 1.